The number of amides is 1. The second-order valence-corrected chi connectivity index (χ2v) is 7.25. The summed E-state index contributed by atoms with van der Waals surface area (Å²) in [5.41, 5.74) is 6.12. The summed E-state index contributed by atoms with van der Waals surface area (Å²) in [6.45, 7) is 1.96. The number of hydrazone groups is 1. The van der Waals surface area contributed by atoms with Gasteiger partial charge in [-0.05, 0) is 36.4 Å². The van der Waals surface area contributed by atoms with Crippen molar-refractivity contribution in [1.82, 2.24) is 9.99 Å². The topological polar surface area (TPSA) is 95.7 Å². The summed E-state index contributed by atoms with van der Waals surface area (Å²) in [6.07, 6.45) is 3.23. The van der Waals surface area contributed by atoms with E-state index in [9.17, 15) is 14.7 Å². The molecule has 3 N–H and O–H groups in total. The van der Waals surface area contributed by atoms with E-state index in [0.717, 1.165) is 27.7 Å². The van der Waals surface area contributed by atoms with Gasteiger partial charge in [0.05, 0.1) is 11.7 Å². The van der Waals surface area contributed by atoms with E-state index in [2.05, 4.69) is 15.8 Å². The Labute approximate surface area is 185 Å². The monoisotopic (exact) mass is 426 g/mol. The number of aromatic hydroxyl groups is 1. The Morgan fingerprint density at radius 3 is 2.47 bits per heavy atom. The number of benzene rings is 3. The highest BCUT2D eigenvalue weighted by molar-refractivity contribution is 6.03. The average Bonchev–Trinajstić information content (AvgIpc) is 3.18. The van der Waals surface area contributed by atoms with E-state index in [1.807, 2.05) is 36.4 Å². The smallest absolute Gasteiger partial charge is 0.271 e. The number of carbonyl (C=O) groups is 2. The summed E-state index contributed by atoms with van der Waals surface area (Å²) < 4.78 is 1.55. The molecule has 1 aromatic heterocycles. The molecule has 160 valence electrons. The van der Waals surface area contributed by atoms with E-state index >= 15 is 0 Å². The van der Waals surface area contributed by atoms with Gasteiger partial charge in [0.15, 0.2) is 0 Å². The number of nitrogens with zero attached hydrogens (tertiary/aromatic N) is 2. The first-order chi connectivity index (χ1) is 15.5. The van der Waals surface area contributed by atoms with Crippen LogP contribution in [-0.4, -0.2) is 27.7 Å². The molecule has 0 unspecified atom stereocenters. The molecule has 0 aliphatic heterocycles. The molecule has 0 fully saturated rings. The fourth-order valence-electron chi connectivity index (χ4n) is 3.39. The molecule has 0 saturated carbocycles. The number of phenols is 1. The number of carbonyl (C=O) groups excluding carboxylic acids is 2. The summed E-state index contributed by atoms with van der Waals surface area (Å²) in [4.78, 5) is 24.3. The Kier molecular flexibility index (Phi) is 5.98. The second-order valence-electron chi connectivity index (χ2n) is 7.25. The van der Waals surface area contributed by atoms with Gasteiger partial charge >= 0.3 is 0 Å². The van der Waals surface area contributed by atoms with Gasteiger partial charge in [-0.25, -0.2) is 5.43 Å². The van der Waals surface area contributed by atoms with Gasteiger partial charge in [-0.2, -0.15) is 5.10 Å². The normalized spacial score (nSPS) is 11.0. The van der Waals surface area contributed by atoms with E-state index in [1.165, 1.54) is 13.1 Å². The highest BCUT2D eigenvalue weighted by Gasteiger charge is 2.09. The second kappa shape index (κ2) is 9.18. The fraction of sp³-hybridized carbons (Fsp3) is 0.0800. The van der Waals surface area contributed by atoms with Crippen LogP contribution >= 0.6 is 0 Å². The lowest BCUT2D eigenvalue weighted by atomic mass is 10.1. The van der Waals surface area contributed by atoms with Gasteiger partial charge < -0.3 is 10.4 Å². The summed E-state index contributed by atoms with van der Waals surface area (Å²) in [5, 5.41) is 18.0. The van der Waals surface area contributed by atoms with E-state index in [1.54, 1.807) is 47.2 Å². The molecule has 4 rings (SSSR count). The quantitative estimate of drug-likeness (QED) is 0.315. The fourth-order valence-corrected chi connectivity index (χ4v) is 3.39. The summed E-state index contributed by atoms with van der Waals surface area (Å²) in [6, 6.07) is 21.6. The zero-order chi connectivity index (χ0) is 22.5. The molecule has 0 radical (unpaired) electrons. The number of para-hydroxylation sites is 2. The minimum absolute atomic E-state index is 0.0962. The zero-order valence-corrected chi connectivity index (χ0v) is 17.4. The highest BCUT2D eigenvalue weighted by atomic mass is 16.3. The molecular weight excluding hydrogens is 404 g/mol. The molecule has 32 heavy (non-hydrogen) atoms. The van der Waals surface area contributed by atoms with Crippen LogP contribution in [-0.2, 0) is 6.54 Å². The summed E-state index contributed by atoms with van der Waals surface area (Å²) >= 11 is 0. The average molecular weight is 426 g/mol. The van der Waals surface area contributed by atoms with Crippen molar-refractivity contribution in [2.75, 3.05) is 5.32 Å². The number of hydrogen-bond acceptors (Lipinski definition) is 5. The standard InChI is InChI=1S/C25H22N4O3/c1-17(30)29-16-20(22-7-3-4-8-23(22)29)15-27-28-25(32)18-10-12-21(13-11-18)26-14-19-6-2-5-9-24(19)31/h2-13,15-16,26,31H,14H2,1H3,(H,28,32)/b27-15-. The van der Waals surface area contributed by atoms with Gasteiger partial charge in [0.2, 0.25) is 5.91 Å². The van der Waals surface area contributed by atoms with Gasteiger partial charge in [0.1, 0.15) is 5.75 Å². The van der Waals surface area contributed by atoms with Crippen molar-refractivity contribution in [3.63, 3.8) is 0 Å². The lowest BCUT2D eigenvalue weighted by Gasteiger charge is -2.08. The molecule has 0 spiro atoms. The van der Waals surface area contributed by atoms with Crippen molar-refractivity contribution in [3.8, 4) is 5.75 Å². The zero-order valence-electron chi connectivity index (χ0n) is 17.4. The maximum Gasteiger partial charge on any atom is 0.271 e. The predicted molar refractivity (Wildman–Crippen MR) is 125 cm³/mol. The third kappa shape index (κ3) is 4.52. The van der Waals surface area contributed by atoms with Gasteiger partial charge in [-0.1, -0.05) is 36.4 Å². The first-order valence-corrected chi connectivity index (χ1v) is 10.1. The van der Waals surface area contributed by atoms with Crippen LogP contribution in [0, 0.1) is 0 Å². The predicted octanol–water partition coefficient (Wildman–Crippen LogP) is 4.38. The maximum atomic E-state index is 12.4. The summed E-state index contributed by atoms with van der Waals surface area (Å²) in [7, 11) is 0. The van der Waals surface area contributed by atoms with Crippen molar-refractivity contribution in [2.45, 2.75) is 13.5 Å². The molecule has 0 bridgehead atoms. The van der Waals surface area contributed by atoms with Gasteiger partial charge in [-0.15, -0.1) is 0 Å². The number of phenolic OH excluding ortho intramolecular Hbond substituents is 1. The molecule has 4 aromatic rings. The van der Waals surface area contributed by atoms with Crippen LogP contribution in [0.4, 0.5) is 5.69 Å². The van der Waals surface area contributed by atoms with Gasteiger partial charge in [0.25, 0.3) is 5.91 Å². The van der Waals surface area contributed by atoms with Crippen LogP contribution in [0.25, 0.3) is 10.9 Å². The molecule has 0 aliphatic rings. The van der Waals surface area contributed by atoms with E-state index in [0.29, 0.717) is 12.1 Å². The van der Waals surface area contributed by atoms with E-state index in [-0.39, 0.29) is 17.6 Å². The number of anilines is 1. The molecule has 1 heterocycles. The number of nitrogens with one attached hydrogen (secondary N) is 2. The third-order valence-corrected chi connectivity index (χ3v) is 5.07. The van der Waals surface area contributed by atoms with Crippen LogP contribution < -0.4 is 10.7 Å². The van der Waals surface area contributed by atoms with E-state index in [4.69, 9.17) is 0 Å². The Balaban J connectivity index is 1.39. The van der Waals surface area contributed by atoms with Crippen LogP contribution in [0.15, 0.2) is 84.1 Å². The molecule has 1 amide bonds. The van der Waals surface area contributed by atoms with Crippen molar-refractivity contribution < 1.29 is 14.7 Å². The maximum absolute atomic E-state index is 12.4. The minimum atomic E-state index is -0.344. The van der Waals surface area contributed by atoms with Crippen molar-refractivity contribution in [2.24, 2.45) is 5.10 Å². The molecule has 3 aromatic carbocycles. The Hall–Kier alpha value is -4.39. The first-order valence-electron chi connectivity index (χ1n) is 10.1. The first kappa shape index (κ1) is 20.9. The van der Waals surface area contributed by atoms with Crippen LogP contribution in [0.5, 0.6) is 5.75 Å². The Morgan fingerprint density at radius 1 is 1.00 bits per heavy atom. The molecule has 0 atom stereocenters. The van der Waals surface area contributed by atoms with Gasteiger partial charge in [0, 0.05) is 47.4 Å². The van der Waals surface area contributed by atoms with Gasteiger partial charge in [-0.3, -0.25) is 14.2 Å². The molecular formula is C25H22N4O3. The Bertz CT molecular complexity index is 1310. The van der Waals surface area contributed by atoms with Crippen molar-refractivity contribution in [3.05, 3.63) is 95.7 Å². The third-order valence-electron chi connectivity index (χ3n) is 5.07. The minimum Gasteiger partial charge on any atom is -0.508 e. The molecule has 7 heteroatoms. The lowest BCUT2D eigenvalue weighted by molar-refractivity contribution is 0.0937. The van der Waals surface area contributed by atoms with Crippen LogP contribution in [0.3, 0.4) is 0 Å². The Morgan fingerprint density at radius 2 is 1.72 bits per heavy atom. The lowest BCUT2D eigenvalue weighted by Crippen LogP contribution is -2.17. The van der Waals surface area contributed by atoms with E-state index < -0.39 is 0 Å². The molecule has 0 saturated heterocycles. The number of rotatable bonds is 6. The number of fused-ring (bicyclic) bond motifs is 1. The van der Waals surface area contributed by atoms with Crippen molar-refractivity contribution >= 4 is 34.6 Å². The largest absolute Gasteiger partial charge is 0.508 e. The van der Waals surface area contributed by atoms with Crippen molar-refractivity contribution in [1.29, 1.82) is 0 Å². The SMILES string of the molecule is CC(=O)n1cc(/C=N\NC(=O)c2ccc(NCc3ccccc3O)cc2)c2ccccc21. The number of aromatic nitrogens is 1. The highest BCUT2D eigenvalue weighted by Crippen LogP contribution is 2.20. The van der Waals surface area contributed by atoms with Crippen LogP contribution in [0.1, 0.15) is 33.2 Å². The summed E-state index contributed by atoms with van der Waals surface area (Å²) in [5.74, 6) is -0.204. The van der Waals surface area contributed by atoms with Crippen LogP contribution in [0.2, 0.25) is 0 Å². The molecule has 0 aliphatic carbocycles. The number of hydrogen-bond donors (Lipinski definition) is 3. The molecule has 7 nitrogen and oxygen atoms in total.